The molecule has 3 aliphatic rings. The molecule has 4 amide bonds. The van der Waals surface area contributed by atoms with E-state index < -0.39 is 53.1 Å². The molecule has 2 heterocycles. The maximum Gasteiger partial charge on any atom is 0.418 e. The lowest BCUT2D eigenvalue weighted by Gasteiger charge is -2.53. The van der Waals surface area contributed by atoms with E-state index in [1.807, 2.05) is 13.0 Å². The van der Waals surface area contributed by atoms with E-state index >= 15 is 0 Å². The average Bonchev–Trinajstić information content (AvgIpc) is 3.32. The van der Waals surface area contributed by atoms with Gasteiger partial charge < -0.3 is 19.3 Å². The van der Waals surface area contributed by atoms with Crippen LogP contribution in [0.2, 0.25) is 0 Å². The van der Waals surface area contributed by atoms with Gasteiger partial charge in [0.2, 0.25) is 11.5 Å². The number of hydrogen-bond acceptors (Lipinski definition) is 6. The number of benzene rings is 2. The van der Waals surface area contributed by atoms with E-state index in [4.69, 9.17) is 9.47 Å². The van der Waals surface area contributed by atoms with E-state index in [1.54, 1.807) is 45.0 Å². The molecule has 40 heavy (non-hydrogen) atoms. The molecule has 1 atom stereocenters. The summed E-state index contributed by atoms with van der Waals surface area (Å²) < 4.78 is 25.6. The summed E-state index contributed by atoms with van der Waals surface area (Å²) in [5, 5.41) is 0. The van der Waals surface area contributed by atoms with Crippen molar-refractivity contribution in [3.63, 3.8) is 0 Å². The van der Waals surface area contributed by atoms with Crippen LogP contribution in [0.25, 0.3) is 0 Å². The second-order valence-corrected chi connectivity index (χ2v) is 12.7. The summed E-state index contributed by atoms with van der Waals surface area (Å²) >= 11 is 3.43. The van der Waals surface area contributed by atoms with Gasteiger partial charge in [-0.3, -0.25) is 9.59 Å². The summed E-state index contributed by atoms with van der Waals surface area (Å²) in [7, 11) is 0. The minimum absolute atomic E-state index is 0.0941. The molecule has 2 fully saturated rings. The maximum atomic E-state index is 13.8. The highest BCUT2D eigenvalue weighted by molar-refractivity contribution is 9.10. The number of carbonyl (C=O) groups excluding carboxylic acids is 4. The fourth-order valence-corrected chi connectivity index (χ4v) is 6.01. The largest absolute Gasteiger partial charge is 0.444 e. The SMILES string of the molecule is CC(C)(C)OC(=O)N1CC(C)(N(Cc2ccc(F)cc2)C(=O)CN2C(=O)OC3(CCc4cc(Br)ccc43)C2=O)C1. The van der Waals surface area contributed by atoms with E-state index in [0.29, 0.717) is 24.0 Å². The molecule has 0 radical (unpaired) electrons. The molecule has 2 aromatic rings. The van der Waals surface area contributed by atoms with Crippen molar-refractivity contribution in [2.75, 3.05) is 19.6 Å². The molecular formula is C29H31BrFN3O6. The number of likely N-dealkylation sites (tertiary alicyclic amines) is 1. The third-order valence-electron chi connectivity index (χ3n) is 7.54. The molecule has 212 valence electrons. The van der Waals surface area contributed by atoms with Crippen molar-refractivity contribution in [3.05, 3.63) is 69.4 Å². The minimum atomic E-state index is -1.44. The number of rotatable bonds is 5. The Balaban J connectivity index is 1.37. The van der Waals surface area contributed by atoms with Crippen LogP contribution < -0.4 is 0 Å². The lowest BCUT2D eigenvalue weighted by atomic mass is 9.89. The van der Waals surface area contributed by atoms with Crippen molar-refractivity contribution in [1.82, 2.24) is 14.7 Å². The van der Waals surface area contributed by atoms with Crippen LogP contribution in [-0.2, 0) is 37.6 Å². The standard InChI is InChI=1S/C29H31BrFN3O6/c1-27(2,3)39-25(37)32-16-28(4,17-32)34(14-18-5-8-21(31)9-6-18)23(35)15-33-24(36)29(40-26(33)38)12-11-19-13-20(30)7-10-22(19)29/h5-10,13H,11-12,14-17H2,1-4H3. The van der Waals surface area contributed by atoms with Crippen molar-refractivity contribution < 1.29 is 33.0 Å². The molecule has 9 nitrogen and oxygen atoms in total. The Hall–Kier alpha value is -3.47. The van der Waals surface area contributed by atoms with Crippen LogP contribution in [0.4, 0.5) is 14.0 Å². The molecule has 0 saturated carbocycles. The number of ether oxygens (including phenoxy) is 2. The summed E-state index contributed by atoms with van der Waals surface area (Å²) in [6.07, 6.45) is -0.503. The number of imide groups is 1. The first-order chi connectivity index (χ1) is 18.7. The van der Waals surface area contributed by atoms with Crippen LogP contribution in [0.5, 0.6) is 0 Å². The molecule has 11 heteroatoms. The Bertz CT molecular complexity index is 1390. The molecule has 2 saturated heterocycles. The highest BCUT2D eigenvalue weighted by atomic mass is 79.9. The second kappa shape index (κ2) is 9.87. The number of aryl methyl sites for hydroxylation is 1. The Morgan fingerprint density at radius 1 is 1.12 bits per heavy atom. The number of hydrogen-bond donors (Lipinski definition) is 0. The number of carbonyl (C=O) groups is 4. The smallest absolute Gasteiger partial charge is 0.418 e. The zero-order chi connectivity index (χ0) is 29.0. The Morgan fingerprint density at radius 3 is 2.45 bits per heavy atom. The Morgan fingerprint density at radius 2 is 1.80 bits per heavy atom. The normalized spacial score (nSPS) is 21.2. The average molecular weight is 616 g/mol. The van der Waals surface area contributed by atoms with Crippen LogP contribution in [0, 0.1) is 5.82 Å². The molecule has 1 aliphatic carbocycles. The highest BCUT2D eigenvalue weighted by Gasteiger charge is 2.59. The number of fused-ring (bicyclic) bond motifs is 2. The highest BCUT2D eigenvalue weighted by Crippen LogP contribution is 2.46. The molecule has 1 unspecified atom stereocenters. The second-order valence-electron chi connectivity index (χ2n) is 11.8. The predicted molar refractivity (Wildman–Crippen MR) is 145 cm³/mol. The number of nitrogens with zero attached hydrogens (tertiary/aromatic N) is 3. The van der Waals surface area contributed by atoms with Gasteiger partial charge in [-0.15, -0.1) is 0 Å². The van der Waals surface area contributed by atoms with Crippen molar-refractivity contribution in [3.8, 4) is 0 Å². The maximum absolute atomic E-state index is 13.8. The van der Waals surface area contributed by atoms with Crippen molar-refractivity contribution in [2.45, 2.75) is 63.8 Å². The zero-order valence-electron chi connectivity index (χ0n) is 22.8. The molecule has 0 bridgehead atoms. The minimum Gasteiger partial charge on any atom is -0.444 e. The van der Waals surface area contributed by atoms with Gasteiger partial charge in [0.25, 0.3) is 5.91 Å². The van der Waals surface area contributed by atoms with Crippen LogP contribution in [0.15, 0.2) is 46.9 Å². The molecule has 0 aromatic heterocycles. The Kier molecular flexibility index (Phi) is 6.92. The summed E-state index contributed by atoms with van der Waals surface area (Å²) in [5.41, 5.74) is -0.721. The van der Waals surface area contributed by atoms with Crippen LogP contribution in [0.1, 0.15) is 50.8 Å². The molecule has 5 rings (SSSR count). The van der Waals surface area contributed by atoms with Gasteiger partial charge in [-0.2, -0.15) is 0 Å². The molecule has 1 spiro atoms. The zero-order valence-corrected chi connectivity index (χ0v) is 24.4. The third-order valence-corrected chi connectivity index (χ3v) is 8.03. The van der Waals surface area contributed by atoms with Gasteiger partial charge in [-0.05, 0) is 69.5 Å². The van der Waals surface area contributed by atoms with Crippen LogP contribution in [0.3, 0.4) is 0 Å². The van der Waals surface area contributed by atoms with Crippen molar-refractivity contribution in [2.24, 2.45) is 0 Å². The fourth-order valence-electron chi connectivity index (χ4n) is 5.60. The van der Waals surface area contributed by atoms with Crippen molar-refractivity contribution in [1.29, 1.82) is 0 Å². The summed E-state index contributed by atoms with van der Waals surface area (Å²) in [5.74, 6) is -1.47. The van der Waals surface area contributed by atoms with Gasteiger partial charge in [0.05, 0.1) is 5.54 Å². The van der Waals surface area contributed by atoms with Gasteiger partial charge in [0.15, 0.2) is 0 Å². The summed E-state index contributed by atoms with van der Waals surface area (Å²) in [4.78, 5) is 56.9. The quantitative estimate of drug-likeness (QED) is 0.482. The van der Waals surface area contributed by atoms with Crippen LogP contribution >= 0.6 is 15.9 Å². The van der Waals surface area contributed by atoms with E-state index in [-0.39, 0.29) is 19.6 Å². The summed E-state index contributed by atoms with van der Waals surface area (Å²) in [6, 6.07) is 11.2. The number of amides is 4. The van der Waals surface area contributed by atoms with E-state index in [0.717, 1.165) is 14.9 Å². The van der Waals surface area contributed by atoms with E-state index in [1.165, 1.54) is 21.9 Å². The molecule has 0 N–H and O–H groups in total. The van der Waals surface area contributed by atoms with Gasteiger partial charge in [0.1, 0.15) is 18.0 Å². The topological polar surface area (TPSA) is 96.5 Å². The summed E-state index contributed by atoms with van der Waals surface area (Å²) in [6.45, 7) is 7.11. The van der Waals surface area contributed by atoms with Crippen molar-refractivity contribution >= 4 is 39.9 Å². The van der Waals surface area contributed by atoms with Gasteiger partial charge in [-0.25, -0.2) is 18.9 Å². The van der Waals surface area contributed by atoms with Gasteiger partial charge >= 0.3 is 12.2 Å². The van der Waals surface area contributed by atoms with Crippen LogP contribution in [-0.4, -0.2) is 69.5 Å². The first kappa shape index (κ1) is 28.1. The van der Waals surface area contributed by atoms with Gasteiger partial charge in [0, 0.05) is 36.1 Å². The number of halogens is 2. The molecular weight excluding hydrogens is 585 g/mol. The monoisotopic (exact) mass is 615 g/mol. The first-order valence-corrected chi connectivity index (χ1v) is 13.9. The molecule has 2 aliphatic heterocycles. The lowest BCUT2D eigenvalue weighted by Crippen LogP contribution is -2.71. The molecule has 2 aromatic carbocycles. The third kappa shape index (κ3) is 5.07. The van der Waals surface area contributed by atoms with E-state index in [2.05, 4.69) is 15.9 Å². The fraction of sp³-hybridized carbons (Fsp3) is 0.448. The lowest BCUT2D eigenvalue weighted by molar-refractivity contribution is -0.150. The first-order valence-electron chi connectivity index (χ1n) is 13.1. The Labute approximate surface area is 240 Å². The predicted octanol–water partition coefficient (Wildman–Crippen LogP) is 4.75. The van der Waals surface area contributed by atoms with Gasteiger partial charge in [-0.1, -0.05) is 34.1 Å². The van der Waals surface area contributed by atoms with E-state index in [9.17, 15) is 23.6 Å².